The molecule has 0 aromatic heterocycles. The number of hydrogen-bond donors (Lipinski definition) is 0. The lowest BCUT2D eigenvalue weighted by molar-refractivity contribution is 0.112. The molecular formula is C13H7Br2FO2. The first-order valence-corrected chi connectivity index (χ1v) is 6.56. The summed E-state index contributed by atoms with van der Waals surface area (Å²) in [5, 5.41) is 0. The largest absolute Gasteiger partial charge is 0.454 e. The van der Waals surface area contributed by atoms with Crippen molar-refractivity contribution in [3.63, 3.8) is 0 Å². The highest BCUT2D eigenvalue weighted by atomic mass is 79.9. The van der Waals surface area contributed by atoms with Crippen molar-refractivity contribution in [2.45, 2.75) is 0 Å². The molecule has 0 spiro atoms. The van der Waals surface area contributed by atoms with Crippen LogP contribution >= 0.6 is 31.9 Å². The molecule has 5 heteroatoms. The summed E-state index contributed by atoms with van der Waals surface area (Å²) < 4.78 is 20.2. The van der Waals surface area contributed by atoms with Gasteiger partial charge in [-0.1, -0.05) is 15.9 Å². The molecule has 0 saturated heterocycles. The highest BCUT2D eigenvalue weighted by molar-refractivity contribution is 9.10. The number of carbonyl (C=O) groups excluding carboxylic acids is 1. The van der Waals surface area contributed by atoms with Crippen molar-refractivity contribution in [2.24, 2.45) is 0 Å². The van der Waals surface area contributed by atoms with Gasteiger partial charge in [0.25, 0.3) is 0 Å². The Morgan fingerprint density at radius 1 is 1.11 bits per heavy atom. The smallest absolute Gasteiger partial charge is 0.166 e. The van der Waals surface area contributed by atoms with Gasteiger partial charge in [-0.3, -0.25) is 4.79 Å². The molecule has 2 rings (SSSR count). The molecule has 0 atom stereocenters. The van der Waals surface area contributed by atoms with Crippen LogP contribution in [0.4, 0.5) is 4.39 Å². The van der Waals surface area contributed by atoms with Crippen molar-refractivity contribution in [3.05, 3.63) is 56.7 Å². The standard InChI is InChI=1S/C13H7Br2FO2/c14-9-2-4-13(12(16)5-9)18-10-3-1-8(7-17)11(15)6-10/h1-7H. The Morgan fingerprint density at radius 3 is 2.50 bits per heavy atom. The lowest BCUT2D eigenvalue weighted by Crippen LogP contribution is -1.90. The third-order valence-electron chi connectivity index (χ3n) is 2.22. The Hall–Kier alpha value is -1.20. The second-order valence-corrected chi connectivity index (χ2v) is 5.25. The predicted octanol–water partition coefficient (Wildman–Crippen LogP) is 4.96. The zero-order valence-corrected chi connectivity index (χ0v) is 12.2. The fourth-order valence-corrected chi connectivity index (χ4v) is 2.14. The number of ether oxygens (including phenoxy) is 1. The molecule has 92 valence electrons. The second-order valence-electron chi connectivity index (χ2n) is 3.48. The summed E-state index contributed by atoms with van der Waals surface area (Å²) in [5.41, 5.74) is 0.513. The van der Waals surface area contributed by atoms with Crippen LogP contribution in [-0.2, 0) is 0 Å². The van der Waals surface area contributed by atoms with E-state index in [1.165, 1.54) is 12.1 Å². The van der Waals surface area contributed by atoms with Gasteiger partial charge in [0.15, 0.2) is 17.9 Å². The van der Waals surface area contributed by atoms with E-state index in [2.05, 4.69) is 31.9 Å². The van der Waals surface area contributed by atoms with Gasteiger partial charge < -0.3 is 4.74 Å². The number of carbonyl (C=O) groups is 1. The predicted molar refractivity (Wildman–Crippen MR) is 73.7 cm³/mol. The Morgan fingerprint density at radius 2 is 1.89 bits per heavy atom. The monoisotopic (exact) mass is 372 g/mol. The molecule has 0 unspecified atom stereocenters. The van der Waals surface area contributed by atoms with E-state index in [1.54, 1.807) is 24.3 Å². The van der Waals surface area contributed by atoms with E-state index in [1.807, 2.05) is 0 Å². The maximum atomic E-state index is 13.6. The molecule has 0 aliphatic heterocycles. The van der Waals surface area contributed by atoms with Crippen LogP contribution in [0, 0.1) is 5.82 Å². The topological polar surface area (TPSA) is 26.3 Å². The third-order valence-corrected chi connectivity index (χ3v) is 3.40. The van der Waals surface area contributed by atoms with Gasteiger partial charge in [-0.05, 0) is 52.3 Å². The lowest BCUT2D eigenvalue weighted by atomic mass is 10.2. The first-order valence-electron chi connectivity index (χ1n) is 4.98. The van der Waals surface area contributed by atoms with E-state index in [4.69, 9.17) is 4.74 Å². The maximum absolute atomic E-state index is 13.6. The van der Waals surface area contributed by atoms with Crippen LogP contribution in [-0.4, -0.2) is 6.29 Å². The Bertz CT molecular complexity index is 600. The van der Waals surface area contributed by atoms with Crippen molar-refractivity contribution in [3.8, 4) is 11.5 Å². The molecule has 0 aliphatic rings. The average molecular weight is 374 g/mol. The van der Waals surface area contributed by atoms with Crippen molar-refractivity contribution in [1.29, 1.82) is 0 Å². The van der Waals surface area contributed by atoms with Gasteiger partial charge in [0.05, 0.1) is 0 Å². The Kier molecular flexibility index (Phi) is 4.14. The molecule has 0 aliphatic carbocycles. The van der Waals surface area contributed by atoms with E-state index in [0.717, 1.165) is 6.29 Å². The van der Waals surface area contributed by atoms with Gasteiger partial charge in [-0.2, -0.15) is 0 Å². The summed E-state index contributed by atoms with van der Waals surface area (Å²) in [7, 11) is 0. The molecule has 0 saturated carbocycles. The van der Waals surface area contributed by atoms with Crippen LogP contribution in [0.3, 0.4) is 0 Å². The summed E-state index contributed by atoms with van der Waals surface area (Å²) in [5.74, 6) is 0.123. The molecule has 0 N–H and O–H groups in total. The summed E-state index contributed by atoms with van der Waals surface area (Å²) in [6.07, 6.45) is 0.730. The lowest BCUT2D eigenvalue weighted by Gasteiger charge is -2.08. The first kappa shape index (κ1) is 13.2. The van der Waals surface area contributed by atoms with Crippen LogP contribution < -0.4 is 4.74 Å². The quantitative estimate of drug-likeness (QED) is 0.711. The minimum atomic E-state index is -0.458. The van der Waals surface area contributed by atoms with Gasteiger partial charge in [0.1, 0.15) is 5.75 Å². The molecule has 0 amide bonds. The van der Waals surface area contributed by atoms with Crippen LogP contribution in [0.2, 0.25) is 0 Å². The number of benzene rings is 2. The van der Waals surface area contributed by atoms with Crippen molar-refractivity contribution >= 4 is 38.1 Å². The first-order chi connectivity index (χ1) is 8.60. The highest BCUT2D eigenvalue weighted by Gasteiger charge is 2.07. The fourth-order valence-electron chi connectivity index (χ4n) is 1.35. The van der Waals surface area contributed by atoms with Crippen molar-refractivity contribution < 1.29 is 13.9 Å². The molecule has 2 aromatic rings. The number of hydrogen-bond acceptors (Lipinski definition) is 2. The maximum Gasteiger partial charge on any atom is 0.166 e. The number of halogens is 3. The SMILES string of the molecule is O=Cc1ccc(Oc2ccc(Br)cc2F)cc1Br. The summed E-state index contributed by atoms with van der Waals surface area (Å²) in [6, 6.07) is 9.36. The van der Waals surface area contributed by atoms with Gasteiger partial charge in [0, 0.05) is 14.5 Å². The molecular weight excluding hydrogens is 367 g/mol. The van der Waals surface area contributed by atoms with Gasteiger partial charge in [0.2, 0.25) is 0 Å². The summed E-state index contributed by atoms with van der Waals surface area (Å²) in [6.45, 7) is 0. The number of aldehydes is 1. The molecule has 0 bridgehead atoms. The van der Waals surface area contributed by atoms with E-state index < -0.39 is 5.82 Å². The third kappa shape index (κ3) is 2.97. The van der Waals surface area contributed by atoms with Gasteiger partial charge in [-0.25, -0.2) is 4.39 Å². The molecule has 2 aromatic carbocycles. The summed E-state index contributed by atoms with van der Waals surface area (Å²) >= 11 is 6.41. The minimum absolute atomic E-state index is 0.129. The highest BCUT2D eigenvalue weighted by Crippen LogP contribution is 2.29. The molecule has 0 heterocycles. The van der Waals surface area contributed by atoms with Crippen LogP contribution in [0.1, 0.15) is 10.4 Å². The zero-order valence-electron chi connectivity index (χ0n) is 8.99. The average Bonchev–Trinajstić information content (AvgIpc) is 2.33. The molecule has 2 nitrogen and oxygen atoms in total. The van der Waals surface area contributed by atoms with E-state index in [-0.39, 0.29) is 5.75 Å². The van der Waals surface area contributed by atoms with Crippen molar-refractivity contribution in [2.75, 3.05) is 0 Å². The van der Waals surface area contributed by atoms with Gasteiger partial charge >= 0.3 is 0 Å². The Balaban J connectivity index is 2.28. The van der Waals surface area contributed by atoms with Crippen molar-refractivity contribution in [1.82, 2.24) is 0 Å². The zero-order chi connectivity index (χ0) is 13.1. The van der Waals surface area contributed by atoms with E-state index in [0.29, 0.717) is 20.3 Å². The molecule has 18 heavy (non-hydrogen) atoms. The molecule has 0 radical (unpaired) electrons. The van der Waals surface area contributed by atoms with Gasteiger partial charge in [-0.15, -0.1) is 0 Å². The number of rotatable bonds is 3. The van der Waals surface area contributed by atoms with Crippen LogP contribution in [0.5, 0.6) is 11.5 Å². The van der Waals surface area contributed by atoms with Crippen LogP contribution in [0.15, 0.2) is 45.3 Å². The van der Waals surface area contributed by atoms with E-state index >= 15 is 0 Å². The minimum Gasteiger partial charge on any atom is -0.454 e. The second kappa shape index (κ2) is 5.63. The Labute approximate surface area is 120 Å². The fraction of sp³-hybridized carbons (Fsp3) is 0. The normalized spacial score (nSPS) is 10.2. The summed E-state index contributed by atoms with van der Waals surface area (Å²) in [4.78, 5) is 10.7. The molecule has 0 fully saturated rings. The van der Waals surface area contributed by atoms with E-state index in [9.17, 15) is 9.18 Å². The van der Waals surface area contributed by atoms with Crippen LogP contribution in [0.25, 0.3) is 0 Å².